The summed E-state index contributed by atoms with van der Waals surface area (Å²) in [7, 11) is 0.712. The summed E-state index contributed by atoms with van der Waals surface area (Å²) < 4.78 is 0. The number of aliphatic hydroxyl groups is 2. The summed E-state index contributed by atoms with van der Waals surface area (Å²) in [5.41, 5.74) is -0.486. The van der Waals surface area contributed by atoms with Crippen LogP contribution in [0.4, 0.5) is 0 Å². The Morgan fingerprint density at radius 1 is 0.676 bits per heavy atom. The molecule has 2 N–H and O–H groups in total. The van der Waals surface area contributed by atoms with Gasteiger partial charge < -0.3 is 10.2 Å². The minimum Gasteiger partial charge on any atom is -0.399 e. The summed E-state index contributed by atoms with van der Waals surface area (Å²) in [5.74, 6) is 0.345. The van der Waals surface area contributed by atoms with Gasteiger partial charge in [-0.05, 0) is 73.6 Å². The zero-order valence-electron chi connectivity index (χ0n) is 21.4. The number of rotatable bonds is 9. The van der Waals surface area contributed by atoms with Crippen LogP contribution in [-0.2, 0) is 0 Å². The fourth-order valence-electron chi connectivity index (χ4n) is 6.15. The van der Waals surface area contributed by atoms with Crippen molar-refractivity contribution in [2.24, 2.45) is 11.8 Å². The summed E-state index contributed by atoms with van der Waals surface area (Å²) in [6.45, 7) is 0.104. The van der Waals surface area contributed by atoms with Crippen molar-refractivity contribution < 1.29 is 10.2 Å². The van der Waals surface area contributed by atoms with Gasteiger partial charge >= 0.3 is 0 Å². The Bertz CT molecular complexity index is 1160. The predicted octanol–water partition coefficient (Wildman–Crippen LogP) is 3.96. The Morgan fingerprint density at radius 2 is 1.08 bits per heavy atom. The van der Waals surface area contributed by atoms with E-state index in [1.807, 2.05) is 7.85 Å². The van der Waals surface area contributed by atoms with E-state index in [1.165, 1.54) is 21.2 Å². The molecule has 5 rings (SSSR count). The molecule has 1 saturated carbocycles. The molecule has 0 amide bonds. The molecule has 0 saturated heterocycles. The molecule has 1 fully saturated rings. The molecule has 0 bridgehead atoms. The molecule has 0 unspecified atom stereocenters. The first-order valence-corrected chi connectivity index (χ1v) is 16.1. The number of hydrogen-bond donors (Lipinski definition) is 2. The summed E-state index contributed by atoms with van der Waals surface area (Å²) in [6, 6.07) is 43.6. The van der Waals surface area contributed by atoms with E-state index in [-0.39, 0.29) is 12.5 Å². The Balaban J connectivity index is 1.62. The fourth-order valence-corrected chi connectivity index (χ4v) is 12.3. The first-order valence-electron chi connectivity index (χ1n) is 13.2. The monoisotopic (exact) mass is 524 g/mol. The van der Waals surface area contributed by atoms with E-state index < -0.39 is 21.3 Å². The van der Waals surface area contributed by atoms with Crippen LogP contribution in [0.15, 0.2) is 121 Å². The van der Waals surface area contributed by atoms with Crippen molar-refractivity contribution in [3.63, 3.8) is 0 Å². The maximum Gasteiger partial charge on any atom is 0.143 e. The summed E-state index contributed by atoms with van der Waals surface area (Å²) in [5, 5.41) is 27.4. The van der Waals surface area contributed by atoms with Crippen molar-refractivity contribution >= 4 is 44.9 Å². The van der Waals surface area contributed by atoms with Gasteiger partial charge in [0.2, 0.25) is 0 Å². The van der Waals surface area contributed by atoms with Gasteiger partial charge in [0.15, 0.2) is 0 Å². The molecule has 4 atom stereocenters. The van der Waals surface area contributed by atoms with Crippen molar-refractivity contribution in [1.29, 1.82) is 0 Å². The second-order valence-corrected chi connectivity index (χ2v) is 14.9. The average molecular weight is 524 g/mol. The summed E-state index contributed by atoms with van der Waals surface area (Å²) in [6.07, 6.45) is 2.39. The van der Waals surface area contributed by atoms with E-state index >= 15 is 0 Å². The van der Waals surface area contributed by atoms with Crippen LogP contribution < -0.4 is 21.2 Å². The van der Waals surface area contributed by atoms with Crippen LogP contribution in [0.5, 0.6) is 0 Å². The second kappa shape index (κ2) is 12.1. The maximum absolute atomic E-state index is 11.8. The predicted molar refractivity (Wildman–Crippen MR) is 164 cm³/mol. The van der Waals surface area contributed by atoms with Gasteiger partial charge in [0.05, 0.1) is 0 Å². The lowest BCUT2D eigenvalue weighted by Crippen LogP contribution is -2.37. The normalized spacial score (nSPS) is 23.5. The Hall–Kier alpha value is -2.28. The molecule has 5 heteroatoms. The van der Waals surface area contributed by atoms with Gasteiger partial charge in [-0.3, -0.25) is 0 Å². The highest BCUT2D eigenvalue weighted by Crippen LogP contribution is 2.58. The molecule has 188 valence electrons. The number of aliphatic hydroxyl groups excluding tert-OH is 1. The van der Waals surface area contributed by atoms with E-state index in [9.17, 15) is 10.2 Å². The molecule has 1 aliphatic rings. The van der Waals surface area contributed by atoms with E-state index in [1.54, 1.807) is 0 Å². The SMILES string of the molecule is B[C@@]1(O)C[C@@H](P(c2ccccc2)c2ccccc2)[C@@H](CP(c2ccccc2)c2ccccc2)[C@H]1CCO. The minimum absolute atomic E-state index is 0.0531. The molecule has 0 spiro atoms. The Kier molecular flexibility index (Phi) is 8.58. The first-order chi connectivity index (χ1) is 18.1. The standard InChI is InChI=1S/C32H35BO2P2/c33-32(35)23-31(37(27-17-9-3-10-18-27)28-19-11-4-12-20-28)29(30(32)21-22-34)24-36(25-13-5-1-6-14-25)26-15-7-2-8-16-26/h1-20,29-31,34-35H,21-24,33H2/t29-,30+,31+,32+/m0/s1. The van der Waals surface area contributed by atoms with Crippen LogP contribution in [0.2, 0.25) is 0 Å². The maximum atomic E-state index is 11.8. The van der Waals surface area contributed by atoms with Crippen LogP contribution >= 0.6 is 15.8 Å². The molecular formula is C32H35BO2P2. The molecule has 0 aromatic heterocycles. The Labute approximate surface area is 224 Å². The van der Waals surface area contributed by atoms with Crippen LogP contribution in [0, 0.1) is 11.8 Å². The molecule has 1 aliphatic carbocycles. The molecule has 0 aliphatic heterocycles. The number of hydrogen-bond acceptors (Lipinski definition) is 2. The van der Waals surface area contributed by atoms with Gasteiger partial charge in [0.25, 0.3) is 0 Å². The van der Waals surface area contributed by atoms with E-state index in [4.69, 9.17) is 0 Å². The van der Waals surface area contributed by atoms with Gasteiger partial charge in [0.1, 0.15) is 7.85 Å². The zero-order valence-corrected chi connectivity index (χ0v) is 23.2. The van der Waals surface area contributed by atoms with E-state index in [2.05, 4.69) is 121 Å². The summed E-state index contributed by atoms with van der Waals surface area (Å²) in [4.78, 5) is 0. The molecule has 4 aromatic rings. The van der Waals surface area contributed by atoms with Crippen molar-refractivity contribution in [2.75, 3.05) is 12.8 Å². The highest BCUT2D eigenvalue weighted by Gasteiger charge is 2.52. The minimum atomic E-state index is -0.809. The lowest BCUT2D eigenvalue weighted by atomic mass is 9.70. The summed E-state index contributed by atoms with van der Waals surface area (Å²) >= 11 is 0. The quantitative estimate of drug-likeness (QED) is 0.257. The Morgan fingerprint density at radius 3 is 1.49 bits per heavy atom. The van der Waals surface area contributed by atoms with Crippen molar-refractivity contribution in [3.05, 3.63) is 121 Å². The third-order valence-corrected chi connectivity index (χ3v) is 13.4. The molecule has 37 heavy (non-hydrogen) atoms. The molecular weight excluding hydrogens is 489 g/mol. The van der Waals surface area contributed by atoms with Gasteiger partial charge in [-0.25, -0.2) is 0 Å². The average Bonchev–Trinajstić information content (AvgIpc) is 3.18. The van der Waals surface area contributed by atoms with Crippen LogP contribution in [0.25, 0.3) is 0 Å². The molecule has 4 aromatic carbocycles. The van der Waals surface area contributed by atoms with Crippen molar-refractivity contribution in [2.45, 2.75) is 24.0 Å². The van der Waals surface area contributed by atoms with Gasteiger partial charge in [-0.2, -0.15) is 0 Å². The van der Waals surface area contributed by atoms with Crippen LogP contribution in [-0.4, -0.2) is 42.0 Å². The van der Waals surface area contributed by atoms with Crippen LogP contribution in [0.3, 0.4) is 0 Å². The van der Waals surface area contributed by atoms with Gasteiger partial charge in [-0.15, -0.1) is 0 Å². The first kappa shape index (κ1) is 26.3. The fraction of sp³-hybridized carbons (Fsp3) is 0.250. The van der Waals surface area contributed by atoms with Gasteiger partial charge in [-0.1, -0.05) is 121 Å². The smallest absolute Gasteiger partial charge is 0.143 e. The van der Waals surface area contributed by atoms with E-state index in [0.29, 0.717) is 18.0 Å². The number of benzene rings is 4. The second-order valence-electron chi connectivity index (χ2n) is 10.2. The zero-order chi connectivity index (χ0) is 25.7. The lowest BCUT2D eigenvalue weighted by molar-refractivity contribution is 0.0607. The molecule has 0 heterocycles. The molecule has 2 nitrogen and oxygen atoms in total. The third kappa shape index (κ3) is 5.92. The highest BCUT2D eigenvalue weighted by molar-refractivity contribution is 7.74. The van der Waals surface area contributed by atoms with Gasteiger partial charge in [0, 0.05) is 12.1 Å². The van der Waals surface area contributed by atoms with Crippen LogP contribution in [0.1, 0.15) is 12.8 Å². The van der Waals surface area contributed by atoms with Crippen molar-refractivity contribution in [1.82, 2.24) is 0 Å². The largest absolute Gasteiger partial charge is 0.399 e. The van der Waals surface area contributed by atoms with Crippen molar-refractivity contribution in [3.8, 4) is 0 Å². The highest BCUT2D eigenvalue weighted by atomic mass is 31.1. The topological polar surface area (TPSA) is 40.5 Å². The van der Waals surface area contributed by atoms with E-state index in [0.717, 1.165) is 12.6 Å². The third-order valence-electron chi connectivity index (χ3n) is 7.80. The lowest BCUT2D eigenvalue weighted by Gasteiger charge is -2.35. The molecule has 0 radical (unpaired) electrons.